The van der Waals surface area contributed by atoms with Crippen LogP contribution in [0, 0.1) is 17.8 Å². The van der Waals surface area contributed by atoms with Crippen LogP contribution in [0.4, 0.5) is 13.2 Å². The lowest BCUT2D eigenvalue weighted by molar-refractivity contribution is -0.147. The molecular weight excluding hydrogens is 241 g/mol. The summed E-state index contributed by atoms with van der Waals surface area (Å²) in [5.74, 6) is 1.18. The Hall–Kier alpha value is -0.290. The minimum Gasteiger partial charge on any atom is -0.327 e. The molecule has 1 aliphatic rings. The summed E-state index contributed by atoms with van der Waals surface area (Å²) < 4.78 is 37.3. The molecule has 2 N–H and O–H groups in total. The Labute approximate surface area is 108 Å². The first-order valence-electron chi connectivity index (χ1n) is 6.77. The molecule has 0 aliphatic heterocycles. The molecule has 1 aliphatic carbocycles. The summed E-state index contributed by atoms with van der Waals surface area (Å²) in [5, 5.41) is 0. The summed E-state index contributed by atoms with van der Waals surface area (Å²) in [6.07, 6.45) is -2.12. The Balaban J connectivity index is 2.58. The van der Waals surface area contributed by atoms with Gasteiger partial charge in [-0.3, -0.25) is 4.90 Å². The molecule has 108 valence electrons. The molecule has 0 spiro atoms. The van der Waals surface area contributed by atoms with Gasteiger partial charge in [0, 0.05) is 12.6 Å². The predicted octanol–water partition coefficient (Wildman–Crippen LogP) is 2.88. The molecular formula is C13H25F3N2. The van der Waals surface area contributed by atoms with Crippen molar-refractivity contribution in [1.82, 2.24) is 4.90 Å². The highest BCUT2D eigenvalue weighted by Gasteiger charge is 2.36. The maximum atomic E-state index is 12.4. The first-order valence-corrected chi connectivity index (χ1v) is 6.77. The van der Waals surface area contributed by atoms with Gasteiger partial charge in [-0.25, -0.2) is 0 Å². The van der Waals surface area contributed by atoms with Gasteiger partial charge >= 0.3 is 6.18 Å². The second kappa shape index (κ2) is 6.24. The van der Waals surface area contributed by atoms with Crippen molar-refractivity contribution in [3.63, 3.8) is 0 Å². The third kappa shape index (κ3) is 4.76. The van der Waals surface area contributed by atoms with Crippen LogP contribution >= 0.6 is 0 Å². The summed E-state index contributed by atoms with van der Waals surface area (Å²) in [4.78, 5) is 1.47. The normalized spacial score (nSPS) is 34.0. The summed E-state index contributed by atoms with van der Waals surface area (Å²) in [6.45, 7) is 6.11. The van der Waals surface area contributed by atoms with Crippen LogP contribution in [0.2, 0.25) is 0 Å². The molecule has 0 heterocycles. The van der Waals surface area contributed by atoms with E-state index in [4.69, 9.17) is 5.73 Å². The van der Waals surface area contributed by atoms with Crippen LogP contribution in [0.5, 0.6) is 0 Å². The third-order valence-electron chi connectivity index (χ3n) is 4.05. The van der Waals surface area contributed by atoms with Crippen molar-refractivity contribution >= 4 is 0 Å². The number of rotatable bonds is 4. The van der Waals surface area contributed by atoms with Gasteiger partial charge in [0.05, 0.1) is 6.54 Å². The van der Waals surface area contributed by atoms with Crippen LogP contribution in [0.15, 0.2) is 0 Å². The number of nitrogens with two attached hydrogens (primary N) is 1. The van der Waals surface area contributed by atoms with Crippen molar-refractivity contribution < 1.29 is 13.2 Å². The first kappa shape index (κ1) is 15.8. The molecule has 1 rings (SSSR count). The SMILES string of the molecule is CCN(CC1C(C)CC(C)CC1N)CC(F)(F)F. The number of hydrogen-bond acceptors (Lipinski definition) is 2. The largest absolute Gasteiger partial charge is 0.401 e. The third-order valence-corrected chi connectivity index (χ3v) is 4.05. The monoisotopic (exact) mass is 266 g/mol. The average molecular weight is 266 g/mol. The van der Waals surface area contributed by atoms with Crippen LogP contribution in [0.3, 0.4) is 0 Å². The van der Waals surface area contributed by atoms with E-state index in [0.717, 1.165) is 12.8 Å². The van der Waals surface area contributed by atoms with E-state index in [2.05, 4.69) is 13.8 Å². The highest BCUT2D eigenvalue weighted by atomic mass is 19.4. The highest BCUT2D eigenvalue weighted by molar-refractivity contribution is 4.87. The van der Waals surface area contributed by atoms with E-state index in [-0.39, 0.29) is 12.0 Å². The Kier molecular flexibility index (Phi) is 5.46. The molecule has 0 bridgehead atoms. The molecule has 5 heteroatoms. The van der Waals surface area contributed by atoms with Crippen molar-refractivity contribution in [3.8, 4) is 0 Å². The fraction of sp³-hybridized carbons (Fsp3) is 1.00. The van der Waals surface area contributed by atoms with Crippen molar-refractivity contribution in [2.45, 2.75) is 45.8 Å². The highest BCUT2D eigenvalue weighted by Crippen LogP contribution is 2.33. The lowest BCUT2D eigenvalue weighted by atomic mass is 9.72. The number of hydrogen-bond donors (Lipinski definition) is 1. The van der Waals surface area contributed by atoms with E-state index in [1.165, 1.54) is 4.90 Å². The van der Waals surface area contributed by atoms with Crippen LogP contribution in [-0.4, -0.2) is 36.8 Å². The van der Waals surface area contributed by atoms with Crippen LogP contribution in [0.1, 0.15) is 33.6 Å². The summed E-state index contributed by atoms with van der Waals surface area (Å²) in [6, 6.07) is 0.0334. The summed E-state index contributed by atoms with van der Waals surface area (Å²) in [7, 11) is 0. The van der Waals surface area contributed by atoms with Crippen molar-refractivity contribution in [3.05, 3.63) is 0 Å². The van der Waals surface area contributed by atoms with Gasteiger partial charge in [0.25, 0.3) is 0 Å². The van der Waals surface area contributed by atoms with Crippen LogP contribution in [0.25, 0.3) is 0 Å². The number of alkyl halides is 3. The molecule has 4 atom stereocenters. The minimum absolute atomic E-state index is 0.0334. The molecule has 0 amide bonds. The Morgan fingerprint density at radius 2 is 1.83 bits per heavy atom. The number of halogens is 3. The van der Waals surface area contributed by atoms with Crippen LogP contribution in [-0.2, 0) is 0 Å². The number of nitrogens with zero attached hydrogens (tertiary/aromatic N) is 1. The first-order chi connectivity index (χ1) is 8.23. The van der Waals surface area contributed by atoms with Gasteiger partial charge in [-0.05, 0) is 37.1 Å². The predicted molar refractivity (Wildman–Crippen MR) is 67.2 cm³/mol. The fourth-order valence-electron chi connectivity index (χ4n) is 3.14. The van der Waals surface area contributed by atoms with E-state index in [0.29, 0.717) is 24.9 Å². The van der Waals surface area contributed by atoms with Gasteiger partial charge in [0.1, 0.15) is 0 Å². The molecule has 0 aromatic carbocycles. The zero-order chi connectivity index (χ0) is 13.9. The molecule has 2 nitrogen and oxygen atoms in total. The molecule has 0 radical (unpaired) electrons. The average Bonchev–Trinajstić information content (AvgIpc) is 2.19. The van der Waals surface area contributed by atoms with Gasteiger partial charge in [-0.1, -0.05) is 20.8 Å². The van der Waals surface area contributed by atoms with E-state index in [1.54, 1.807) is 6.92 Å². The second-order valence-corrected chi connectivity index (χ2v) is 5.82. The van der Waals surface area contributed by atoms with E-state index >= 15 is 0 Å². The summed E-state index contributed by atoms with van der Waals surface area (Å²) >= 11 is 0. The molecule has 4 unspecified atom stereocenters. The standard InChI is InChI=1S/C13H25F3N2/c1-4-18(8-13(14,15)16)7-11-10(3)5-9(2)6-12(11)17/h9-12H,4-8,17H2,1-3H3. The quantitative estimate of drug-likeness (QED) is 0.847. The molecule has 0 saturated heterocycles. The minimum atomic E-state index is -4.12. The molecule has 0 aromatic rings. The lowest BCUT2D eigenvalue weighted by Gasteiger charge is -2.40. The Morgan fingerprint density at radius 3 is 2.28 bits per heavy atom. The van der Waals surface area contributed by atoms with E-state index < -0.39 is 12.7 Å². The Morgan fingerprint density at radius 1 is 1.22 bits per heavy atom. The van der Waals surface area contributed by atoms with Gasteiger partial charge in [0.15, 0.2) is 0 Å². The molecule has 0 aromatic heterocycles. The topological polar surface area (TPSA) is 29.3 Å². The van der Waals surface area contributed by atoms with Gasteiger partial charge < -0.3 is 5.73 Å². The zero-order valence-corrected chi connectivity index (χ0v) is 11.5. The maximum Gasteiger partial charge on any atom is 0.401 e. The van der Waals surface area contributed by atoms with Gasteiger partial charge in [-0.15, -0.1) is 0 Å². The van der Waals surface area contributed by atoms with E-state index in [9.17, 15) is 13.2 Å². The second-order valence-electron chi connectivity index (χ2n) is 5.82. The van der Waals surface area contributed by atoms with Gasteiger partial charge in [0.2, 0.25) is 0 Å². The van der Waals surface area contributed by atoms with E-state index in [1.807, 2.05) is 0 Å². The fourth-order valence-corrected chi connectivity index (χ4v) is 3.14. The molecule has 1 saturated carbocycles. The lowest BCUT2D eigenvalue weighted by Crippen LogP contribution is -2.48. The van der Waals surface area contributed by atoms with Gasteiger partial charge in [-0.2, -0.15) is 13.2 Å². The van der Waals surface area contributed by atoms with Crippen molar-refractivity contribution in [2.24, 2.45) is 23.5 Å². The van der Waals surface area contributed by atoms with Crippen molar-refractivity contribution in [1.29, 1.82) is 0 Å². The Bertz CT molecular complexity index is 243. The molecule has 1 fully saturated rings. The molecule has 18 heavy (non-hydrogen) atoms. The maximum absolute atomic E-state index is 12.4. The smallest absolute Gasteiger partial charge is 0.327 e. The van der Waals surface area contributed by atoms with Crippen molar-refractivity contribution in [2.75, 3.05) is 19.6 Å². The van der Waals surface area contributed by atoms with Crippen LogP contribution < -0.4 is 5.73 Å². The summed E-state index contributed by atoms with van der Waals surface area (Å²) in [5.41, 5.74) is 6.12. The zero-order valence-electron chi connectivity index (χ0n) is 11.5.